The van der Waals surface area contributed by atoms with E-state index in [4.69, 9.17) is 9.72 Å². The number of pyridine rings is 1. The van der Waals surface area contributed by atoms with Gasteiger partial charge in [-0.3, -0.25) is 4.79 Å². The summed E-state index contributed by atoms with van der Waals surface area (Å²) < 4.78 is 9.45. The van der Waals surface area contributed by atoms with Crippen LogP contribution in [0.3, 0.4) is 0 Å². The molecule has 3 heterocycles. The van der Waals surface area contributed by atoms with E-state index in [1.807, 2.05) is 70.3 Å². The minimum atomic E-state index is -0.551. The van der Waals surface area contributed by atoms with E-state index in [-0.39, 0.29) is 18.2 Å². The minimum Gasteiger partial charge on any atom is -1.00 e. The number of aromatic amines is 1. The number of aromatic nitrogens is 7. The fourth-order valence-electron chi connectivity index (χ4n) is 5.60. The van der Waals surface area contributed by atoms with Gasteiger partial charge in [-0.05, 0) is 91.2 Å². The number of carbonyl (C=O) groups is 1. The van der Waals surface area contributed by atoms with Crippen molar-refractivity contribution in [2.45, 2.75) is 56.4 Å². The van der Waals surface area contributed by atoms with Gasteiger partial charge in [-0.25, -0.2) is 9.55 Å². The fourth-order valence-corrected chi connectivity index (χ4v) is 7.65. The molecule has 1 aliphatic carbocycles. The predicted octanol–water partition coefficient (Wildman–Crippen LogP) is 2.21. The molecule has 12 heteroatoms. The number of halogens is 1. The molecule has 1 aliphatic rings. The topological polar surface area (TPSA) is 102 Å². The second-order valence-corrected chi connectivity index (χ2v) is 13.2. The SMILES string of the molecule is COc1cc[n+](-c2nc3cc4c(cc3[nH]2)C(C)(C)C(=O)C4(C)C)c(CSSc2nnnn2-c2ccccc2)c1C.[Cl-]. The highest BCUT2D eigenvalue weighted by molar-refractivity contribution is 8.76. The number of benzene rings is 2. The van der Waals surface area contributed by atoms with E-state index in [0.717, 1.165) is 44.9 Å². The largest absolute Gasteiger partial charge is 1.00 e. The number of para-hydroxylation sites is 1. The molecule has 0 radical (unpaired) electrons. The van der Waals surface area contributed by atoms with E-state index in [9.17, 15) is 4.79 Å². The van der Waals surface area contributed by atoms with Gasteiger partial charge in [-0.15, -0.1) is 5.10 Å². The van der Waals surface area contributed by atoms with Gasteiger partial charge in [0.2, 0.25) is 5.16 Å². The third-order valence-electron chi connectivity index (χ3n) is 7.78. The van der Waals surface area contributed by atoms with Crippen LogP contribution < -0.4 is 21.7 Å². The lowest BCUT2D eigenvalue weighted by atomic mass is 9.80. The van der Waals surface area contributed by atoms with E-state index in [0.29, 0.717) is 16.9 Å². The van der Waals surface area contributed by atoms with Gasteiger partial charge in [-0.1, -0.05) is 34.0 Å². The number of fused-ring (bicyclic) bond motifs is 2. The van der Waals surface area contributed by atoms with Crippen LogP contribution >= 0.6 is 21.6 Å². The van der Waals surface area contributed by atoms with Gasteiger partial charge in [0, 0.05) is 22.5 Å². The van der Waals surface area contributed by atoms with E-state index in [2.05, 4.69) is 44.1 Å². The second-order valence-electron chi connectivity index (χ2n) is 10.9. The first-order valence-corrected chi connectivity index (χ1v) is 15.3. The van der Waals surface area contributed by atoms with Crippen LogP contribution in [0.4, 0.5) is 0 Å². The molecule has 0 spiro atoms. The molecule has 9 nitrogen and oxygen atoms in total. The van der Waals surface area contributed by atoms with Crippen LogP contribution in [0.25, 0.3) is 22.7 Å². The Balaban J connectivity index is 0.00000337. The lowest BCUT2D eigenvalue weighted by Crippen LogP contribution is -3.00. The molecule has 41 heavy (non-hydrogen) atoms. The van der Waals surface area contributed by atoms with Crippen molar-refractivity contribution in [2.75, 3.05) is 7.11 Å². The molecule has 2 aromatic carbocycles. The van der Waals surface area contributed by atoms with Crippen molar-refractivity contribution in [1.29, 1.82) is 0 Å². The number of ether oxygens (including phenoxy) is 1. The molecule has 3 aromatic heterocycles. The number of carbonyl (C=O) groups excluding carboxylic acids is 1. The lowest BCUT2D eigenvalue weighted by Gasteiger charge is -2.21. The van der Waals surface area contributed by atoms with Crippen LogP contribution in [0.2, 0.25) is 0 Å². The smallest absolute Gasteiger partial charge is 0.402 e. The Labute approximate surface area is 252 Å². The van der Waals surface area contributed by atoms with Gasteiger partial charge >= 0.3 is 5.95 Å². The maximum Gasteiger partial charge on any atom is 0.402 e. The number of H-pyrrole nitrogens is 1. The van der Waals surface area contributed by atoms with Crippen molar-refractivity contribution in [2.24, 2.45) is 0 Å². The molecule has 1 N–H and O–H groups in total. The molecular formula is C29H30ClN7O2S2. The van der Waals surface area contributed by atoms with Crippen molar-refractivity contribution in [3.8, 4) is 17.4 Å². The van der Waals surface area contributed by atoms with E-state index in [1.54, 1.807) is 22.6 Å². The highest BCUT2D eigenvalue weighted by Gasteiger charge is 2.50. The molecular weight excluding hydrogens is 578 g/mol. The third-order valence-corrected chi connectivity index (χ3v) is 9.84. The van der Waals surface area contributed by atoms with Gasteiger partial charge in [0.05, 0.1) is 24.7 Å². The Bertz CT molecular complexity index is 1710. The van der Waals surface area contributed by atoms with E-state index >= 15 is 0 Å². The highest BCUT2D eigenvalue weighted by atomic mass is 35.5. The predicted molar refractivity (Wildman–Crippen MR) is 156 cm³/mol. The number of methoxy groups -OCH3 is 1. The van der Waals surface area contributed by atoms with Gasteiger partial charge in [0.25, 0.3) is 0 Å². The van der Waals surface area contributed by atoms with Crippen LogP contribution in [0.5, 0.6) is 5.75 Å². The quantitative estimate of drug-likeness (QED) is 0.222. The first-order valence-electron chi connectivity index (χ1n) is 12.9. The average Bonchev–Trinajstić information content (AvgIpc) is 3.62. The zero-order chi connectivity index (χ0) is 28.2. The summed E-state index contributed by atoms with van der Waals surface area (Å²) >= 11 is 0. The van der Waals surface area contributed by atoms with Gasteiger partial charge in [0.15, 0.2) is 11.3 Å². The van der Waals surface area contributed by atoms with Gasteiger partial charge in [0.1, 0.15) is 17.0 Å². The van der Waals surface area contributed by atoms with Crippen molar-refractivity contribution >= 4 is 38.4 Å². The Morgan fingerprint density at radius 1 is 1.05 bits per heavy atom. The zero-order valence-corrected chi connectivity index (χ0v) is 26.0. The zero-order valence-electron chi connectivity index (χ0n) is 23.6. The first-order chi connectivity index (χ1) is 19.1. The summed E-state index contributed by atoms with van der Waals surface area (Å²) in [5, 5.41) is 12.9. The number of ketones is 1. The molecule has 0 aliphatic heterocycles. The minimum absolute atomic E-state index is 0. The molecule has 0 saturated heterocycles. The Morgan fingerprint density at radius 3 is 2.46 bits per heavy atom. The molecule has 212 valence electrons. The number of hydrogen-bond donors (Lipinski definition) is 1. The van der Waals surface area contributed by atoms with Gasteiger partial charge in [-0.2, -0.15) is 4.68 Å². The Morgan fingerprint density at radius 2 is 1.76 bits per heavy atom. The summed E-state index contributed by atoms with van der Waals surface area (Å²) in [6.45, 7) is 10.1. The number of nitrogens with zero attached hydrogens (tertiary/aromatic N) is 6. The number of rotatable bonds is 7. The van der Waals surface area contributed by atoms with Crippen LogP contribution in [0.15, 0.2) is 59.9 Å². The maximum absolute atomic E-state index is 13.2. The maximum atomic E-state index is 13.2. The molecule has 0 fully saturated rings. The number of imidazole rings is 1. The number of tetrazole rings is 1. The van der Waals surface area contributed by atoms with Crippen LogP contribution in [0.1, 0.15) is 50.1 Å². The normalized spacial score (nSPS) is 15.1. The molecule has 0 amide bonds. The van der Waals surface area contributed by atoms with E-state index in [1.165, 1.54) is 10.8 Å². The fraction of sp³-hybridized carbons (Fsp3) is 0.310. The van der Waals surface area contributed by atoms with Crippen LogP contribution in [0, 0.1) is 6.92 Å². The second kappa shape index (κ2) is 10.8. The Kier molecular flexibility index (Phi) is 7.65. The summed E-state index contributed by atoms with van der Waals surface area (Å²) in [5.74, 6) is 2.40. The number of Topliss-reactive ketones (excluding diaryl/α,β-unsaturated/α-hetero) is 1. The van der Waals surface area contributed by atoms with Crippen molar-refractivity contribution in [3.05, 3.63) is 77.1 Å². The van der Waals surface area contributed by atoms with Crippen molar-refractivity contribution < 1.29 is 26.5 Å². The first kappa shape index (κ1) is 29.1. The number of nitrogens with one attached hydrogen (secondary N) is 1. The Hall–Kier alpha value is -3.41. The molecule has 0 unspecified atom stereocenters. The summed E-state index contributed by atoms with van der Waals surface area (Å²) in [6.07, 6.45) is 1.98. The lowest BCUT2D eigenvalue weighted by molar-refractivity contribution is -0.610. The van der Waals surface area contributed by atoms with Crippen LogP contribution in [-0.4, -0.2) is 43.1 Å². The van der Waals surface area contributed by atoms with Gasteiger partial charge < -0.3 is 17.1 Å². The third kappa shape index (κ3) is 4.79. The summed E-state index contributed by atoms with van der Waals surface area (Å²) in [4.78, 5) is 21.6. The summed E-state index contributed by atoms with van der Waals surface area (Å²) in [6, 6.07) is 15.9. The standard InChI is InChI=1S/C29H30N7O2S2.ClH/c1-17-23(16-39-40-27-32-33-34-36(27)18-10-8-7-9-11-18)35(13-12-24(17)38-6)26-30-21-14-19-20(15-22(21)31-26)29(4,5)25(37)28(19,2)3;/h7-15H,16H2,1-6H3,(H,30,31);1H/q+1;/p-1. The monoisotopic (exact) mass is 607 g/mol. The van der Waals surface area contributed by atoms with E-state index < -0.39 is 10.8 Å². The van der Waals surface area contributed by atoms with Crippen molar-refractivity contribution in [1.82, 2.24) is 30.2 Å². The van der Waals surface area contributed by atoms with Crippen molar-refractivity contribution in [3.63, 3.8) is 0 Å². The highest BCUT2D eigenvalue weighted by Crippen LogP contribution is 2.47. The van der Waals surface area contributed by atoms with Crippen LogP contribution in [-0.2, 0) is 21.4 Å². The average molecular weight is 608 g/mol. The molecule has 0 atom stereocenters. The summed E-state index contributed by atoms with van der Waals surface area (Å²) in [7, 11) is 4.83. The molecule has 5 aromatic rings. The molecule has 0 bridgehead atoms. The molecule has 0 saturated carbocycles. The summed E-state index contributed by atoms with van der Waals surface area (Å²) in [5.41, 5.74) is 5.73. The number of hydrogen-bond acceptors (Lipinski definition) is 8. The molecule has 6 rings (SSSR count).